The first kappa shape index (κ1) is 16.3. The van der Waals surface area contributed by atoms with Gasteiger partial charge in [-0.15, -0.1) is 0 Å². The molecule has 0 saturated carbocycles. The highest BCUT2D eigenvalue weighted by atomic mass is 32.2. The van der Waals surface area contributed by atoms with Crippen molar-refractivity contribution in [2.75, 3.05) is 4.72 Å². The van der Waals surface area contributed by atoms with Crippen molar-refractivity contribution in [1.29, 1.82) is 0 Å². The van der Waals surface area contributed by atoms with Gasteiger partial charge in [0, 0.05) is 32.6 Å². The fourth-order valence-electron chi connectivity index (χ4n) is 2.50. The highest BCUT2D eigenvalue weighted by Crippen LogP contribution is 2.21. The Hall–Kier alpha value is -2.61. The molecule has 24 heavy (non-hydrogen) atoms. The van der Waals surface area contributed by atoms with Gasteiger partial charge in [0.25, 0.3) is 0 Å². The molecule has 0 bridgehead atoms. The van der Waals surface area contributed by atoms with Gasteiger partial charge in [-0.2, -0.15) is 5.10 Å². The lowest BCUT2D eigenvalue weighted by Gasteiger charge is -2.08. The predicted molar refractivity (Wildman–Crippen MR) is 92.8 cm³/mol. The molecule has 0 aliphatic rings. The van der Waals surface area contributed by atoms with Crippen LogP contribution in [0.25, 0.3) is 11.5 Å². The summed E-state index contributed by atoms with van der Waals surface area (Å²) in [7, 11) is 0.0206. The smallest absolute Gasteiger partial charge is 0.238 e. The van der Waals surface area contributed by atoms with Crippen LogP contribution in [0.4, 0.5) is 5.82 Å². The second kappa shape index (κ2) is 6.12. The zero-order valence-corrected chi connectivity index (χ0v) is 14.6. The lowest BCUT2D eigenvalue weighted by molar-refractivity contribution is 0.599. The summed E-state index contributed by atoms with van der Waals surface area (Å²) in [5, 5.41) is 4.33. The summed E-state index contributed by atoms with van der Waals surface area (Å²) in [4.78, 5) is 4.22. The van der Waals surface area contributed by atoms with Gasteiger partial charge in [0.15, 0.2) is 5.82 Å². The van der Waals surface area contributed by atoms with Crippen molar-refractivity contribution < 1.29 is 8.42 Å². The number of rotatable bonds is 5. The standard InChI is InChI=1S/C16H19N5O2S/c1-12-5-4-6-13(9-12)11-24(22,23)19-15-10-14(18-21(15)3)16-17-7-8-20(16)2/h4-10,19H,11H2,1-3H3. The Morgan fingerprint density at radius 3 is 2.67 bits per heavy atom. The number of aryl methyl sites for hydroxylation is 3. The third-order valence-electron chi connectivity index (χ3n) is 3.63. The molecule has 3 rings (SSSR count). The van der Waals surface area contributed by atoms with Crippen LogP contribution in [-0.4, -0.2) is 27.7 Å². The van der Waals surface area contributed by atoms with E-state index in [4.69, 9.17) is 0 Å². The number of hydrogen-bond donors (Lipinski definition) is 1. The van der Waals surface area contributed by atoms with E-state index in [1.807, 2.05) is 42.9 Å². The zero-order valence-electron chi connectivity index (χ0n) is 13.8. The van der Waals surface area contributed by atoms with Crippen molar-refractivity contribution in [2.24, 2.45) is 14.1 Å². The van der Waals surface area contributed by atoms with Gasteiger partial charge in [-0.3, -0.25) is 9.40 Å². The molecule has 0 atom stereocenters. The molecule has 2 heterocycles. The molecule has 7 nitrogen and oxygen atoms in total. The largest absolute Gasteiger partial charge is 0.333 e. The van der Waals surface area contributed by atoms with Crippen LogP contribution in [-0.2, 0) is 29.9 Å². The second-order valence-electron chi connectivity index (χ2n) is 5.75. The second-order valence-corrected chi connectivity index (χ2v) is 7.47. The average Bonchev–Trinajstić information content (AvgIpc) is 3.04. The van der Waals surface area contributed by atoms with Gasteiger partial charge in [0.1, 0.15) is 11.5 Å². The summed E-state index contributed by atoms with van der Waals surface area (Å²) >= 11 is 0. The summed E-state index contributed by atoms with van der Waals surface area (Å²) in [5.41, 5.74) is 2.38. The third kappa shape index (κ3) is 3.48. The molecule has 1 N–H and O–H groups in total. The SMILES string of the molecule is Cc1cccc(CS(=O)(=O)Nc2cc(-c3nccn3C)nn2C)c1. The van der Waals surface area contributed by atoms with Crippen LogP contribution in [0.1, 0.15) is 11.1 Å². The maximum atomic E-state index is 12.4. The van der Waals surface area contributed by atoms with Gasteiger partial charge >= 0.3 is 0 Å². The van der Waals surface area contributed by atoms with Crippen LogP contribution in [0.3, 0.4) is 0 Å². The van der Waals surface area contributed by atoms with E-state index >= 15 is 0 Å². The molecule has 8 heteroatoms. The zero-order chi connectivity index (χ0) is 17.3. The van der Waals surface area contributed by atoms with E-state index in [-0.39, 0.29) is 5.75 Å². The topological polar surface area (TPSA) is 81.8 Å². The van der Waals surface area contributed by atoms with Gasteiger partial charge in [0.2, 0.25) is 10.0 Å². The first-order chi connectivity index (χ1) is 11.3. The molecule has 0 aliphatic carbocycles. The molecule has 0 fully saturated rings. The fourth-order valence-corrected chi connectivity index (χ4v) is 3.70. The van der Waals surface area contributed by atoms with Crippen LogP contribution in [0.5, 0.6) is 0 Å². The van der Waals surface area contributed by atoms with Crippen molar-refractivity contribution >= 4 is 15.8 Å². The summed E-state index contributed by atoms with van der Waals surface area (Å²) in [5.74, 6) is 0.993. The van der Waals surface area contributed by atoms with Crippen LogP contribution >= 0.6 is 0 Å². The number of imidazole rings is 1. The summed E-state index contributed by atoms with van der Waals surface area (Å²) in [6.07, 6.45) is 3.48. The van der Waals surface area contributed by atoms with Crippen LogP contribution in [0.15, 0.2) is 42.7 Å². The van der Waals surface area contributed by atoms with Gasteiger partial charge in [-0.1, -0.05) is 29.8 Å². The highest BCUT2D eigenvalue weighted by Gasteiger charge is 2.17. The van der Waals surface area contributed by atoms with Crippen LogP contribution < -0.4 is 4.72 Å². The van der Waals surface area contributed by atoms with E-state index in [2.05, 4.69) is 14.8 Å². The highest BCUT2D eigenvalue weighted by molar-refractivity contribution is 7.91. The van der Waals surface area contributed by atoms with Gasteiger partial charge in [0.05, 0.1) is 5.75 Å². The Morgan fingerprint density at radius 1 is 1.21 bits per heavy atom. The third-order valence-corrected chi connectivity index (χ3v) is 4.86. The molecule has 0 aliphatic heterocycles. The van der Waals surface area contributed by atoms with Crippen molar-refractivity contribution in [3.63, 3.8) is 0 Å². The Morgan fingerprint density at radius 2 is 2.00 bits per heavy atom. The number of benzene rings is 1. The Balaban J connectivity index is 1.83. The number of sulfonamides is 1. The van der Waals surface area contributed by atoms with E-state index in [0.717, 1.165) is 11.1 Å². The Bertz CT molecular complexity index is 972. The van der Waals surface area contributed by atoms with E-state index in [1.54, 1.807) is 25.4 Å². The molecule has 0 radical (unpaired) electrons. The van der Waals surface area contributed by atoms with E-state index < -0.39 is 10.0 Å². The number of nitrogens with zero attached hydrogens (tertiary/aromatic N) is 4. The van der Waals surface area contributed by atoms with Gasteiger partial charge in [-0.05, 0) is 12.5 Å². The lowest BCUT2D eigenvalue weighted by atomic mass is 10.2. The van der Waals surface area contributed by atoms with Gasteiger partial charge in [-0.25, -0.2) is 13.4 Å². The number of aromatic nitrogens is 4. The normalized spacial score (nSPS) is 11.6. The monoisotopic (exact) mass is 345 g/mol. The summed E-state index contributed by atoms with van der Waals surface area (Å²) < 4.78 is 30.8. The molecule has 0 unspecified atom stereocenters. The molecule has 126 valence electrons. The minimum atomic E-state index is -3.53. The minimum absolute atomic E-state index is 0.0857. The molecule has 1 aromatic carbocycles. The number of anilines is 1. The molecule has 0 spiro atoms. The van der Waals surface area contributed by atoms with Crippen molar-refractivity contribution in [1.82, 2.24) is 19.3 Å². The van der Waals surface area contributed by atoms with E-state index in [1.165, 1.54) is 4.68 Å². The van der Waals surface area contributed by atoms with Crippen LogP contribution in [0, 0.1) is 6.92 Å². The maximum absolute atomic E-state index is 12.4. The number of hydrogen-bond acceptors (Lipinski definition) is 4. The Kier molecular flexibility index (Phi) is 4.15. The van der Waals surface area contributed by atoms with E-state index in [9.17, 15) is 8.42 Å². The quantitative estimate of drug-likeness (QED) is 0.767. The summed E-state index contributed by atoms with van der Waals surface area (Å²) in [6, 6.07) is 9.12. The predicted octanol–water partition coefficient (Wildman–Crippen LogP) is 2.07. The molecular weight excluding hydrogens is 326 g/mol. The number of nitrogens with one attached hydrogen (secondary N) is 1. The lowest BCUT2D eigenvalue weighted by Crippen LogP contribution is -2.17. The first-order valence-electron chi connectivity index (χ1n) is 7.42. The fraction of sp³-hybridized carbons (Fsp3) is 0.250. The minimum Gasteiger partial charge on any atom is -0.333 e. The van der Waals surface area contributed by atoms with Crippen LogP contribution in [0.2, 0.25) is 0 Å². The first-order valence-corrected chi connectivity index (χ1v) is 9.07. The molecule has 2 aromatic heterocycles. The van der Waals surface area contributed by atoms with Crippen molar-refractivity contribution in [2.45, 2.75) is 12.7 Å². The molecule has 3 aromatic rings. The van der Waals surface area contributed by atoms with Gasteiger partial charge < -0.3 is 4.57 Å². The summed E-state index contributed by atoms with van der Waals surface area (Å²) in [6.45, 7) is 1.93. The Labute approximate surface area is 141 Å². The molecule has 0 saturated heterocycles. The maximum Gasteiger partial charge on any atom is 0.238 e. The molecule has 0 amide bonds. The average molecular weight is 345 g/mol. The van der Waals surface area contributed by atoms with E-state index in [0.29, 0.717) is 17.3 Å². The van der Waals surface area contributed by atoms with Crippen molar-refractivity contribution in [3.8, 4) is 11.5 Å². The molecular formula is C16H19N5O2S. The van der Waals surface area contributed by atoms with Crippen molar-refractivity contribution in [3.05, 3.63) is 53.9 Å².